The van der Waals surface area contributed by atoms with Gasteiger partial charge in [0.05, 0.1) is 20.3 Å². The zero-order valence-electron chi connectivity index (χ0n) is 23.2. The van der Waals surface area contributed by atoms with Crippen LogP contribution in [0.1, 0.15) is 5.56 Å². The minimum absolute atomic E-state index is 0.0212. The average Bonchev–Trinajstić information content (AvgIpc) is 3.01. The van der Waals surface area contributed by atoms with Crippen molar-refractivity contribution >= 4 is 5.76 Å². The summed E-state index contributed by atoms with van der Waals surface area (Å²) in [6.07, 6.45) is -13.4. The number of fused-ring (bicyclic) bond motifs is 1. The third-order valence-corrected chi connectivity index (χ3v) is 7.57. The number of allylic oxidation sites excluding steroid dienone is 2. The largest absolute Gasteiger partial charge is 0.508 e. The van der Waals surface area contributed by atoms with Gasteiger partial charge in [0, 0.05) is 23.3 Å². The highest BCUT2D eigenvalue weighted by Gasteiger charge is 2.47. The van der Waals surface area contributed by atoms with Crippen LogP contribution in [0.5, 0.6) is 11.5 Å². The highest BCUT2D eigenvalue weighted by atomic mass is 16.7. The van der Waals surface area contributed by atoms with Gasteiger partial charge >= 0.3 is 0 Å². The Balaban J connectivity index is 1.54. The lowest BCUT2D eigenvalue weighted by molar-refractivity contribution is -0.291. The van der Waals surface area contributed by atoms with Crippen molar-refractivity contribution < 1.29 is 79.5 Å². The Morgan fingerprint density at radius 1 is 0.750 bits per heavy atom. The summed E-state index contributed by atoms with van der Waals surface area (Å²) in [5.74, 6) is -0.759. The third kappa shape index (κ3) is 5.96. The number of rotatable bonds is 8. The number of aliphatic hydroxyl groups is 9. The van der Waals surface area contributed by atoms with Gasteiger partial charge in [-0.3, -0.25) is 0 Å². The van der Waals surface area contributed by atoms with Gasteiger partial charge in [0.15, 0.2) is 23.0 Å². The molecule has 242 valence electrons. The van der Waals surface area contributed by atoms with Gasteiger partial charge < -0.3 is 79.5 Å². The van der Waals surface area contributed by atoms with E-state index in [1.807, 2.05) is 0 Å². The number of hydrogen-bond acceptors (Lipinski definition) is 16. The second-order valence-electron chi connectivity index (χ2n) is 10.4. The Labute approximate surface area is 249 Å². The van der Waals surface area contributed by atoms with Gasteiger partial charge in [-0.15, -0.1) is 0 Å². The number of ether oxygens (including phenoxy) is 6. The lowest BCUT2D eigenvalue weighted by Gasteiger charge is -2.41. The lowest BCUT2D eigenvalue weighted by atomic mass is 9.96. The quantitative estimate of drug-likeness (QED) is 0.142. The van der Waals surface area contributed by atoms with Crippen molar-refractivity contribution in [2.75, 3.05) is 20.3 Å². The van der Waals surface area contributed by atoms with Crippen molar-refractivity contribution in [3.8, 4) is 11.5 Å². The highest BCUT2D eigenvalue weighted by molar-refractivity contribution is 5.70. The van der Waals surface area contributed by atoms with Crippen molar-refractivity contribution in [2.24, 2.45) is 0 Å². The van der Waals surface area contributed by atoms with Crippen LogP contribution in [0, 0.1) is 0 Å². The minimum atomic E-state index is -1.79. The summed E-state index contributed by atoms with van der Waals surface area (Å²) in [6, 6.07) is 4.18. The molecule has 16 heteroatoms. The fraction of sp³-hybridized carbons (Fsp3) is 0.500. The first kappa shape index (κ1) is 32.0. The van der Waals surface area contributed by atoms with Crippen LogP contribution in [0.4, 0.5) is 0 Å². The number of benzene rings is 1. The molecule has 4 aliphatic rings. The molecule has 11 atom stereocenters. The first-order valence-corrected chi connectivity index (χ1v) is 13.5. The predicted octanol–water partition coefficient (Wildman–Crippen LogP) is -2.63. The fourth-order valence-electron chi connectivity index (χ4n) is 5.09. The molecule has 6 unspecified atom stereocenters. The molecule has 0 radical (unpaired) electrons. The molecule has 0 aromatic heterocycles. The zero-order valence-corrected chi connectivity index (χ0v) is 23.2. The lowest BCUT2D eigenvalue weighted by Crippen LogP contribution is -2.59. The number of phenolic OH excluding ortho intramolecular Hbond substituents is 1. The standard InChI is InChI=1S/C28H34O16/c1-39-16-4-10(2-3-13(16)32)26-17(42-28-25(38)23(36)21(34)19(9-30)44-28)7-12-14(40-26)5-11(31)6-15(12)41-27-24(37)22(35)20(33)18(8-29)43-27/h2-7,14,18-25,27-38H,8-9H2,1H3/t14?,18?,19?,20-,21-,22+,23?,24?,25?,27-,28-/m1/s1. The summed E-state index contributed by atoms with van der Waals surface area (Å²) in [4.78, 5) is 0. The summed E-state index contributed by atoms with van der Waals surface area (Å²) in [6.45, 7) is -1.42. The molecule has 2 saturated heterocycles. The molecule has 16 nitrogen and oxygen atoms in total. The first-order valence-electron chi connectivity index (χ1n) is 13.5. The van der Waals surface area contributed by atoms with E-state index < -0.39 is 80.7 Å². The summed E-state index contributed by atoms with van der Waals surface area (Å²) in [5, 5.41) is 102. The van der Waals surface area contributed by atoms with E-state index >= 15 is 0 Å². The van der Waals surface area contributed by atoms with E-state index in [4.69, 9.17) is 28.4 Å². The van der Waals surface area contributed by atoms with Gasteiger partial charge in [0.1, 0.15) is 66.5 Å². The Bertz CT molecular complexity index is 1330. The maximum atomic E-state index is 10.6. The molecule has 5 rings (SSSR count). The second-order valence-corrected chi connectivity index (χ2v) is 10.4. The fourth-order valence-corrected chi connectivity index (χ4v) is 5.09. The Kier molecular flexibility index (Phi) is 9.38. The molecule has 2 fully saturated rings. The molecule has 0 saturated carbocycles. The SMILES string of the molecule is COc1cc(C2=C(O[C@@H]3OC(CO)[C@@H](O)C(O)C3O)C=C3C(O[C@@H]4OC(CO)[C@@H](O)[C@H](O)C4O)=CC(O)=CC3O2)ccc1O. The van der Waals surface area contributed by atoms with Crippen LogP contribution in [0.25, 0.3) is 5.76 Å². The van der Waals surface area contributed by atoms with Crippen molar-refractivity contribution in [3.05, 3.63) is 64.8 Å². The zero-order chi connectivity index (χ0) is 31.9. The first-order chi connectivity index (χ1) is 21.0. The smallest absolute Gasteiger partial charge is 0.229 e. The van der Waals surface area contributed by atoms with E-state index in [0.717, 1.165) is 6.08 Å². The molecule has 1 aromatic rings. The molecule has 0 bridgehead atoms. The number of methoxy groups -OCH3 is 1. The normalized spacial score (nSPS) is 37.2. The minimum Gasteiger partial charge on any atom is -0.508 e. The number of phenols is 1. The van der Waals surface area contributed by atoms with Crippen molar-refractivity contribution in [1.29, 1.82) is 0 Å². The second kappa shape index (κ2) is 12.9. The van der Waals surface area contributed by atoms with Crippen molar-refractivity contribution in [2.45, 2.75) is 67.5 Å². The molecule has 1 aromatic carbocycles. The Morgan fingerprint density at radius 2 is 1.34 bits per heavy atom. The maximum Gasteiger partial charge on any atom is 0.229 e. The molecule has 10 N–H and O–H groups in total. The summed E-state index contributed by atoms with van der Waals surface area (Å²) in [7, 11) is 1.33. The average molecular weight is 627 g/mol. The van der Waals surface area contributed by atoms with E-state index in [9.17, 15) is 51.1 Å². The molecular formula is C28H34O16. The highest BCUT2D eigenvalue weighted by Crippen LogP contribution is 2.41. The molecule has 3 heterocycles. The van der Waals surface area contributed by atoms with Crippen molar-refractivity contribution in [1.82, 2.24) is 0 Å². The van der Waals surface area contributed by atoms with E-state index in [2.05, 4.69) is 0 Å². The van der Waals surface area contributed by atoms with Gasteiger partial charge in [-0.1, -0.05) is 0 Å². The predicted molar refractivity (Wildman–Crippen MR) is 143 cm³/mol. The van der Waals surface area contributed by atoms with E-state index in [0.29, 0.717) is 0 Å². The van der Waals surface area contributed by atoms with Crippen LogP contribution >= 0.6 is 0 Å². The van der Waals surface area contributed by atoms with Gasteiger partial charge in [-0.2, -0.15) is 0 Å². The van der Waals surface area contributed by atoms with Gasteiger partial charge in [-0.05, 0) is 24.3 Å². The van der Waals surface area contributed by atoms with Crippen LogP contribution in [0.2, 0.25) is 0 Å². The number of aliphatic hydroxyl groups excluding tert-OH is 9. The van der Waals surface area contributed by atoms with Gasteiger partial charge in [0.25, 0.3) is 0 Å². The van der Waals surface area contributed by atoms with Crippen LogP contribution in [0.3, 0.4) is 0 Å². The van der Waals surface area contributed by atoms with E-state index in [-0.39, 0.29) is 45.7 Å². The number of aromatic hydroxyl groups is 1. The maximum absolute atomic E-state index is 10.6. The summed E-state index contributed by atoms with van der Waals surface area (Å²) < 4.78 is 34.0. The summed E-state index contributed by atoms with van der Waals surface area (Å²) >= 11 is 0. The monoisotopic (exact) mass is 626 g/mol. The Morgan fingerprint density at radius 3 is 1.91 bits per heavy atom. The van der Waals surface area contributed by atoms with Crippen LogP contribution < -0.4 is 4.74 Å². The van der Waals surface area contributed by atoms with Gasteiger partial charge in [0.2, 0.25) is 12.6 Å². The van der Waals surface area contributed by atoms with Gasteiger partial charge in [-0.25, -0.2) is 0 Å². The Hall–Kier alpha value is -3.42. The topological polar surface area (TPSA) is 258 Å². The van der Waals surface area contributed by atoms with Crippen LogP contribution in [-0.2, 0) is 23.7 Å². The molecule has 44 heavy (non-hydrogen) atoms. The molecular weight excluding hydrogens is 592 g/mol. The molecule has 3 aliphatic heterocycles. The molecule has 1 aliphatic carbocycles. The number of hydrogen-bond donors (Lipinski definition) is 10. The third-order valence-electron chi connectivity index (χ3n) is 7.57. The van der Waals surface area contributed by atoms with Crippen molar-refractivity contribution in [3.63, 3.8) is 0 Å². The van der Waals surface area contributed by atoms with E-state index in [1.165, 1.54) is 37.5 Å². The van der Waals surface area contributed by atoms with Crippen LogP contribution in [-0.4, -0.2) is 139 Å². The van der Waals surface area contributed by atoms with E-state index in [1.54, 1.807) is 0 Å². The molecule has 0 spiro atoms. The van der Waals surface area contributed by atoms with Crippen LogP contribution in [0.15, 0.2) is 59.3 Å². The molecule has 0 amide bonds. The summed E-state index contributed by atoms with van der Waals surface area (Å²) in [5.41, 5.74) is 0.447.